The molecule has 1 saturated heterocycles. The highest BCUT2D eigenvalue weighted by atomic mass is 19.1. The van der Waals surface area contributed by atoms with E-state index in [0.717, 1.165) is 13.0 Å². The van der Waals surface area contributed by atoms with Gasteiger partial charge in [0.15, 0.2) is 11.5 Å². The second-order valence-electron chi connectivity index (χ2n) is 5.92. The molecule has 0 aliphatic carbocycles. The van der Waals surface area contributed by atoms with Gasteiger partial charge >= 0.3 is 0 Å². The van der Waals surface area contributed by atoms with Gasteiger partial charge in [-0.25, -0.2) is 4.39 Å². The van der Waals surface area contributed by atoms with Crippen molar-refractivity contribution in [3.63, 3.8) is 0 Å². The summed E-state index contributed by atoms with van der Waals surface area (Å²) in [5.41, 5.74) is 0. The van der Waals surface area contributed by atoms with Crippen LogP contribution in [0.25, 0.3) is 0 Å². The molecule has 122 valence electrons. The molecule has 1 aliphatic heterocycles. The summed E-state index contributed by atoms with van der Waals surface area (Å²) in [6.45, 7) is 1.70. The summed E-state index contributed by atoms with van der Waals surface area (Å²) in [5, 5.41) is 0. The fraction of sp³-hybridized carbons (Fsp3) is 0.368. The maximum Gasteiger partial charge on any atom is 0.169 e. The molecule has 4 heteroatoms. The molecule has 0 N–H and O–H groups in total. The van der Waals surface area contributed by atoms with Gasteiger partial charge in [0.2, 0.25) is 0 Å². The number of ether oxygens (including phenoxy) is 2. The van der Waals surface area contributed by atoms with Crippen LogP contribution in [0.2, 0.25) is 0 Å². The molecule has 1 heterocycles. The zero-order valence-corrected chi connectivity index (χ0v) is 13.4. The number of rotatable bonds is 6. The quantitative estimate of drug-likeness (QED) is 0.784. The van der Waals surface area contributed by atoms with Crippen molar-refractivity contribution in [1.82, 2.24) is 4.90 Å². The van der Waals surface area contributed by atoms with E-state index in [1.807, 2.05) is 30.3 Å². The standard InChI is InChI=1S/C19H22FNO2/c1-21-12-5-6-16(21)11-13-22-19-14-15(20)9-10-18(19)23-17-7-3-2-4-8-17/h2-4,7-10,14,16H,5-6,11-13H2,1H3. The van der Waals surface area contributed by atoms with Crippen molar-refractivity contribution in [1.29, 1.82) is 0 Å². The van der Waals surface area contributed by atoms with Crippen LogP contribution in [0.3, 0.4) is 0 Å². The molecule has 1 unspecified atom stereocenters. The van der Waals surface area contributed by atoms with Crippen LogP contribution in [-0.2, 0) is 0 Å². The van der Waals surface area contributed by atoms with Crippen molar-refractivity contribution >= 4 is 0 Å². The van der Waals surface area contributed by atoms with Crippen LogP contribution in [0.15, 0.2) is 48.5 Å². The molecule has 0 spiro atoms. The average molecular weight is 315 g/mol. The number of benzene rings is 2. The first-order chi connectivity index (χ1) is 11.2. The van der Waals surface area contributed by atoms with E-state index in [9.17, 15) is 4.39 Å². The molecule has 0 saturated carbocycles. The Morgan fingerprint density at radius 3 is 2.70 bits per heavy atom. The molecule has 2 aromatic rings. The van der Waals surface area contributed by atoms with E-state index in [1.54, 1.807) is 6.07 Å². The topological polar surface area (TPSA) is 21.7 Å². The first-order valence-corrected chi connectivity index (χ1v) is 8.08. The highest BCUT2D eigenvalue weighted by Crippen LogP contribution is 2.32. The predicted octanol–water partition coefficient (Wildman–Crippen LogP) is 4.48. The normalized spacial score (nSPS) is 18.1. The van der Waals surface area contributed by atoms with Crippen molar-refractivity contribution in [2.75, 3.05) is 20.2 Å². The van der Waals surface area contributed by atoms with Crippen molar-refractivity contribution in [3.8, 4) is 17.2 Å². The third-order valence-corrected chi connectivity index (χ3v) is 4.26. The van der Waals surface area contributed by atoms with Crippen molar-refractivity contribution in [2.45, 2.75) is 25.3 Å². The first-order valence-electron chi connectivity index (χ1n) is 8.08. The summed E-state index contributed by atoms with van der Waals surface area (Å²) in [7, 11) is 2.14. The second-order valence-corrected chi connectivity index (χ2v) is 5.92. The van der Waals surface area contributed by atoms with E-state index in [1.165, 1.54) is 25.0 Å². The van der Waals surface area contributed by atoms with Gasteiger partial charge in [0.1, 0.15) is 11.6 Å². The van der Waals surface area contributed by atoms with E-state index in [4.69, 9.17) is 9.47 Å². The third kappa shape index (κ3) is 4.23. The summed E-state index contributed by atoms with van der Waals surface area (Å²) in [6.07, 6.45) is 3.39. The molecule has 1 fully saturated rings. The Bertz CT molecular complexity index is 633. The fourth-order valence-electron chi connectivity index (χ4n) is 2.94. The molecule has 3 rings (SSSR count). The summed E-state index contributed by atoms with van der Waals surface area (Å²) in [5.74, 6) is 1.38. The molecular formula is C19H22FNO2. The van der Waals surface area contributed by atoms with E-state index < -0.39 is 0 Å². The maximum atomic E-state index is 13.5. The zero-order chi connectivity index (χ0) is 16.1. The number of halogens is 1. The molecular weight excluding hydrogens is 293 g/mol. The molecule has 2 aromatic carbocycles. The van der Waals surface area contributed by atoms with Crippen LogP contribution in [-0.4, -0.2) is 31.1 Å². The Kier molecular flexibility index (Phi) is 5.13. The minimum Gasteiger partial charge on any atom is -0.490 e. The van der Waals surface area contributed by atoms with Crippen LogP contribution in [0, 0.1) is 5.82 Å². The number of para-hydroxylation sites is 1. The summed E-state index contributed by atoms with van der Waals surface area (Å²) in [6, 6.07) is 14.4. The first kappa shape index (κ1) is 15.8. The zero-order valence-electron chi connectivity index (χ0n) is 13.4. The monoisotopic (exact) mass is 315 g/mol. The number of hydrogen-bond acceptors (Lipinski definition) is 3. The fourth-order valence-corrected chi connectivity index (χ4v) is 2.94. The highest BCUT2D eigenvalue weighted by molar-refractivity contribution is 5.43. The lowest BCUT2D eigenvalue weighted by atomic mass is 10.1. The lowest BCUT2D eigenvalue weighted by Gasteiger charge is -2.20. The minimum atomic E-state index is -0.321. The van der Waals surface area contributed by atoms with Gasteiger partial charge in [0.25, 0.3) is 0 Å². The largest absolute Gasteiger partial charge is 0.490 e. The van der Waals surface area contributed by atoms with Gasteiger partial charge in [-0.3, -0.25) is 0 Å². The van der Waals surface area contributed by atoms with E-state index >= 15 is 0 Å². The molecule has 0 bridgehead atoms. The van der Waals surface area contributed by atoms with Crippen LogP contribution in [0.1, 0.15) is 19.3 Å². The Morgan fingerprint density at radius 1 is 1.13 bits per heavy atom. The van der Waals surface area contributed by atoms with Crippen LogP contribution >= 0.6 is 0 Å². The van der Waals surface area contributed by atoms with Gasteiger partial charge in [-0.1, -0.05) is 18.2 Å². The summed E-state index contributed by atoms with van der Waals surface area (Å²) in [4.78, 5) is 2.36. The van der Waals surface area contributed by atoms with Crippen molar-refractivity contribution in [3.05, 3.63) is 54.3 Å². The smallest absolute Gasteiger partial charge is 0.169 e. The van der Waals surface area contributed by atoms with Crippen LogP contribution in [0.4, 0.5) is 4.39 Å². The lowest BCUT2D eigenvalue weighted by molar-refractivity contribution is 0.228. The Morgan fingerprint density at radius 2 is 1.96 bits per heavy atom. The Labute approximate surface area is 136 Å². The maximum absolute atomic E-state index is 13.5. The van der Waals surface area contributed by atoms with Crippen LogP contribution < -0.4 is 9.47 Å². The number of likely N-dealkylation sites (tertiary alicyclic amines) is 1. The number of nitrogens with zero attached hydrogens (tertiary/aromatic N) is 1. The van der Waals surface area contributed by atoms with Crippen molar-refractivity contribution in [2.24, 2.45) is 0 Å². The minimum absolute atomic E-state index is 0.321. The van der Waals surface area contributed by atoms with Crippen molar-refractivity contribution < 1.29 is 13.9 Å². The van der Waals surface area contributed by atoms with Gasteiger partial charge in [-0.05, 0) is 57.1 Å². The van der Waals surface area contributed by atoms with E-state index in [-0.39, 0.29) is 5.82 Å². The second kappa shape index (κ2) is 7.47. The molecule has 3 nitrogen and oxygen atoms in total. The number of hydrogen-bond donors (Lipinski definition) is 0. The molecule has 0 radical (unpaired) electrons. The Balaban J connectivity index is 1.64. The SMILES string of the molecule is CN1CCCC1CCOc1cc(F)ccc1Oc1ccccc1. The van der Waals surface area contributed by atoms with E-state index in [0.29, 0.717) is 29.9 Å². The molecule has 1 aliphatic rings. The lowest BCUT2D eigenvalue weighted by Crippen LogP contribution is -2.26. The predicted molar refractivity (Wildman–Crippen MR) is 88.7 cm³/mol. The van der Waals surface area contributed by atoms with Gasteiger partial charge < -0.3 is 14.4 Å². The van der Waals surface area contributed by atoms with Gasteiger partial charge in [0, 0.05) is 12.1 Å². The average Bonchev–Trinajstić information content (AvgIpc) is 2.96. The molecule has 1 atom stereocenters. The molecule has 0 aromatic heterocycles. The summed E-state index contributed by atoms with van der Waals surface area (Å²) < 4.78 is 25.1. The Hall–Kier alpha value is -2.07. The van der Waals surface area contributed by atoms with Gasteiger partial charge in [-0.2, -0.15) is 0 Å². The van der Waals surface area contributed by atoms with E-state index in [2.05, 4.69) is 11.9 Å². The summed E-state index contributed by atoms with van der Waals surface area (Å²) >= 11 is 0. The van der Waals surface area contributed by atoms with Gasteiger partial charge in [0.05, 0.1) is 6.61 Å². The highest BCUT2D eigenvalue weighted by Gasteiger charge is 2.20. The van der Waals surface area contributed by atoms with Crippen LogP contribution in [0.5, 0.6) is 17.2 Å². The molecule has 0 amide bonds. The third-order valence-electron chi connectivity index (χ3n) is 4.26. The van der Waals surface area contributed by atoms with Gasteiger partial charge in [-0.15, -0.1) is 0 Å². The molecule has 23 heavy (non-hydrogen) atoms.